The average Bonchev–Trinajstić information content (AvgIpc) is 2.42. The number of carboxylic acids is 1. The first kappa shape index (κ1) is 20.8. The molecule has 0 spiro atoms. The Morgan fingerprint density at radius 3 is 2.36 bits per heavy atom. The molecule has 1 aromatic carbocycles. The number of carbonyl (C=O) groups excluding carboxylic acids is 2. The normalized spacial score (nSPS) is 11.4. The van der Waals surface area contributed by atoms with E-state index in [1.807, 2.05) is 6.26 Å². The van der Waals surface area contributed by atoms with Gasteiger partial charge in [0.15, 0.2) is 0 Å². The number of quaternary nitrogens is 1. The summed E-state index contributed by atoms with van der Waals surface area (Å²) in [5, 5.41) is 13.6. The maximum atomic E-state index is 11.9. The Morgan fingerprint density at radius 1 is 1.36 bits per heavy atom. The monoisotopic (exact) mass is 346 g/mol. The molecule has 0 aliphatic carbocycles. The van der Waals surface area contributed by atoms with Crippen LogP contribution < -0.4 is 16.2 Å². The van der Waals surface area contributed by atoms with Crippen LogP contribution in [0.1, 0.15) is 30.6 Å². The second-order valence-electron chi connectivity index (χ2n) is 5.00. The van der Waals surface area contributed by atoms with Crippen molar-refractivity contribution in [1.82, 2.24) is 5.32 Å². The minimum atomic E-state index is -1.29. The molecule has 1 unspecified atom stereocenters. The van der Waals surface area contributed by atoms with Gasteiger partial charge in [0.05, 0.1) is 28.6 Å². The van der Waals surface area contributed by atoms with E-state index in [1.54, 1.807) is 24.3 Å². The molecule has 1 atom stereocenters. The number of amides is 1. The third kappa shape index (κ3) is 8.92. The van der Waals surface area contributed by atoms with Crippen LogP contribution in [0.3, 0.4) is 0 Å². The van der Waals surface area contributed by atoms with Gasteiger partial charge in [-0.2, -0.15) is 11.8 Å². The largest absolute Gasteiger partial charge is 0.548 e. The Morgan fingerprint density at radius 2 is 1.91 bits per heavy atom. The van der Waals surface area contributed by atoms with Gasteiger partial charge in [0.1, 0.15) is 0 Å². The van der Waals surface area contributed by atoms with E-state index in [0.29, 0.717) is 18.2 Å². The molecule has 0 aromatic heterocycles. The number of benzene rings is 1. The quantitative estimate of drug-likeness (QED) is 0.787. The number of thioether (sulfide) groups is 1. The van der Waals surface area contributed by atoms with Crippen molar-refractivity contribution in [3.05, 3.63) is 34.9 Å². The van der Waals surface area contributed by atoms with E-state index in [-0.39, 0.29) is 10.6 Å². The van der Waals surface area contributed by atoms with Crippen molar-refractivity contribution in [2.24, 2.45) is 0 Å². The Labute approximate surface area is 140 Å². The molecule has 0 fully saturated rings. The number of aliphatic carboxylic acids is 1. The summed E-state index contributed by atoms with van der Waals surface area (Å²) in [5.74, 6) is -1.16. The Balaban J connectivity index is 0.000000980. The van der Waals surface area contributed by atoms with E-state index < -0.39 is 17.9 Å². The zero-order valence-electron chi connectivity index (χ0n) is 13.1. The number of carbonyl (C=O) groups is 2. The fourth-order valence-corrected chi connectivity index (χ4v) is 2.06. The smallest absolute Gasteiger partial charge is 0.253 e. The van der Waals surface area contributed by atoms with Crippen LogP contribution in [0.2, 0.25) is 5.02 Å². The lowest BCUT2D eigenvalue weighted by Crippen LogP contribution is -2.57. The zero-order chi connectivity index (χ0) is 17.1. The van der Waals surface area contributed by atoms with E-state index in [4.69, 9.17) is 11.6 Å². The van der Waals surface area contributed by atoms with Crippen LogP contribution in [-0.2, 0) is 4.79 Å². The molecule has 22 heavy (non-hydrogen) atoms. The molecule has 7 heteroatoms. The van der Waals surface area contributed by atoms with Gasteiger partial charge in [-0.25, -0.2) is 0 Å². The van der Waals surface area contributed by atoms with Crippen molar-refractivity contribution < 1.29 is 20.4 Å². The maximum absolute atomic E-state index is 11.9. The second kappa shape index (κ2) is 11.3. The summed E-state index contributed by atoms with van der Waals surface area (Å²) >= 11 is 7.36. The minimum absolute atomic E-state index is 0.259. The lowest BCUT2D eigenvalue weighted by molar-refractivity contribution is -0.407. The van der Waals surface area contributed by atoms with E-state index in [1.165, 1.54) is 11.8 Å². The van der Waals surface area contributed by atoms with Gasteiger partial charge < -0.3 is 21.0 Å². The van der Waals surface area contributed by atoms with Gasteiger partial charge in [-0.3, -0.25) is 4.79 Å². The number of carboxylic acid groups (broad SMARTS) is 1. The lowest BCUT2D eigenvalue weighted by atomic mass is 10.1. The summed E-state index contributed by atoms with van der Waals surface area (Å²) in [4.78, 5) is 22.7. The summed E-state index contributed by atoms with van der Waals surface area (Å²) in [7, 11) is 0. The van der Waals surface area contributed by atoms with Gasteiger partial charge in [-0.1, -0.05) is 23.7 Å². The van der Waals surface area contributed by atoms with Crippen LogP contribution in [0.25, 0.3) is 0 Å². The molecule has 0 aliphatic heterocycles. The summed E-state index contributed by atoms with van der Waals surface area (Å²) in [6.45, 7) is 4.11. The standard InChI is InChI=1S/C12H14ClNO3S.C3H9N/c1-18-7-6-10(12(16)17)14-11(15)8-4-2-3-5-9(8)13;1-3(2)4/h2-5,10H,6-7H2,1H3,(H,14,15)(H,16,17);3H,4H2,1-2H3. The van der Waals surface area contributed by atoms with Gasteiger partial charge in [0.2, 0.25) is 0 Å². The van der Waals surface area contributed by atoms with Crippen molar-refractivity contribution in [2.75, 3.05) is 12.0 Å². The molecule has 0 heterocycles. The van der Waals surface area contributed by atoms with Gasteiger partial charge in [-0.15, -0.1) is 0 Å². The van der Waals surface area contributed by atoms with E-state index in [2.05, 4.69) is 24.9 Å². The van der Waals surface area contributed by atoms with Crippen LogP contribution >= 0.6 is 23.4 Å². The average molecular weight is 347 g/mol. The van der Waals surface area contributed by atoms with E-state index in [0.717, 1.165) is 0 Å². The van der Waals surface area contributed by atoms with Crippen LogP contribution in [0.5, 0.6) is 0 Å². The highest BCUT2D eigenvalue weighted by Crippen LogP contribution is 2.15. The Kier molecular flexibility index (Phi) is 10.7. The highest BCUT2D eigenvalue weighted by Gasteiger charge is 2.16. The van der Waals surface area contributed by atoms with Gasteiger partial charge in [-0.05, 0) is 44.4 Å². The second-order valence-corrected chi connectivity index (χ2v) is 6.39. The lowest BCUT2D eigenvalue weighted by Gasteiger charge is -2.19. The molecule has 124 valence electrons. The third-order valence-electron chi connectivity index (χ3n) is 2.32. The van der Waals surface area contributed by atoms with Gasteiger partial charge >= 0.3 is 0 Å². The Hall–Kier alpha value is -1.24. The van der Waals surface area contributed by atoms with Crippen LogP contribution in [0.4, 0.5) is 0 Å². The molecule has 5 nitrogen and oxygen atoms in total. The summed E-state index contributed by atoms with van der Waals surface area (Å²) in [5.41, 5.74) is 3.90. The number of rotatable bonds is 6. The predicted octanol–water partition coefficient (Wildman–Crippen LogP) is 0.578. The molecule has 0 bridgehead atoms. The molecule has 0 radical (unpaired) electrons. The van der Waals surface area contributed by atoms with Gasteiger partial charge in [0, 0.05) is 0 Å². The third-order valence-corrected chi connectivity index (χ3v) is 3.29. The molecule has 4 N–H and O–H groups in total. The highest BCUT2D eigenvalue weighted by atomic mass is 35.5. The van der Waals surface area contributed by atoms with Crippen molar-refractivity contribution in [1.29, 1.82) is 0 Å². The molecule has 1 amide bonds. The highest BCUT2D eigenvalue weighted by molar-refractivity contribution is 7.98. The molecular weight excluding hydrogens is 324 g/mol. The fraction of sp³-hybridized carbons (Fsp3) is 0.467. The SMILES string of the molecule is CC(C)[NH3+].CSCCC(NC(=O)c1ccccc1Cl)C(=O)[O-]. The van der Waals surface area contributed by atoms with Crippen molar-refractivity contribution in [3.63, 3.8) is 0 Å². The van der Waals surface area contributed by atoms with Crippen LogP contribution in [-0.4, -0.2) is 36.0 Å². The van der Waals surface area contributed by atoms with E-state index >= 15 is 0 Å². The van der Waals surface area contributed by atoms with Gasteiger partial charge in [0.25, 0.3) is 5.91 Å². The first-order valence-electron chi connectivity index (χ1n) is 6.87. The number of halogens is 1. The zero-order valence-corrected chi connectivity index (χ0v) is 14.7. The van der Waals surface area contributed by atoms with Crippen molar-refractivity contribution in [3.8, 4) is 0 Å². The van der Waals surface area contributed by atoms with Crippen LogP contribution in [0.15, 0.2) is 24.3 Å². The number of hydrogen-bond donors (Lipinski definition) is 2. The summed E-state index contributed by atoms with van der Waals surface area (Å²) < 4.78 is 0. The molecular formula is C15H23ClN2O3S. The van der Waals surface area contributed by atoms with Crippen LogP contribution in [0, 0.1) is 0 Å². The summed E-state index contributed by atoms with van der Waals surface area (Å²) in [6, 6.07) is 6.06. The molecule has 1 rings (SSSR count). The maximum Gasteiger partial charge on any atom is 0.253 e. The number of hydrogen-bond acceptors (Lipinski definition) is 4. The molecule has 0 saturated heterocycles. The molecule has 1 aromatic rings. The number of nitrogens with one attached hydrogen (secondary N) is 1. The van der Waals surface area contributed by atoms with Crippen molar-refractivity contribution in [2.45, 2.75) is 32.4 Å². The first-order chi connectivity index (χ1) is 10.3. The fourth-order valence-electron chi connectivity index (χ4n) is 1.37. The van der Waals surface area contributed by atoms with Crippen molar-refractivity contribution >= 4 is 35.2 Å². The van der Waals surface area contributed by atoms with E-state index in [9.17, 15) is 14.7 Å². The predicted molar refractivity (Wildman–Crippen MR) is 88.7 cm³/mol. The molecule has 0 saturated carbocycles. The first-order valence-corrected chi connectivity index (χ1v) is 8.65. The minimum Gasteiger partial charge on any atom is -0.548 e. The molecule has 0 aliphatic rings. The Bertz CT molecular complexity index is 481. The summed E-state index contributed by atoms with van der Waals surface area (Å²) in [6.07, 6.45) is 2.18. The topological polar surface area (TPSA) is 96.9 Å².